The van der Waals surface area contributed by atoms with E-state index < -0.39 is 24.1 Å². The molecule has 2 N–H and O–H groups in total. The summed E-state index contributed by atoms with van der Waals surface area (Å²) in [4.78, 5) is 22.6. The van der Waals surface area contributed by atoms with Gasteiger partial charge in [-0.2, -0.15) is 0 Å². The minimum Gasteiger partial charge on any atom is -0.445 e. The summed E-state index contributed by atoms with van der Waals surface area (Å²) in [6, 6.07) is 8.09. The fourth-order valence-electron chi connectivity index (χ4n) is 1.68. The Bertz CT molecular complexity index is 449. The van der Waals surface area contributed by atoms with Crippen LogP contribution in [0.1, 0.15) is 12.5 Å². The van der Waals surface area contributed by atoms with Crippen molar-refractivity contribution in [1.82, 2.24) is 10.4 Å². The van der Waals surface area contributed by atoms with E-state index in [9.17, 15) is 9.59 Å². The Morgan fingerprint density at radius 3 is 2.72 bits per heavy atom. The number of ether oxygens (including phenoxy) is 1. The monoisotopic (exact) mass is 250 g/mol. The molecule has 6 nitrogen and oxygen atoms in total. The lowest BCUT2D eigenvalue weighted by molar-refractivity contribution is -0.206. The highest BCUT2D eigenvalue weighted by Gasteiger charge is 2.45. The second-order valence-corrected chi connectivity index (χ2v) is 4.11. The van der Waals surface area contributed by atoms with E-state index in [1.54, 1.807) is 6.92 Å². The summed E-state index contributed by atoms with van der Waals surface area (Å²) in [6.45, 7) is 1.77. The Balaban J connectivity index is 1.78. The molecule has 2 atom stereocenters. The third kappa shape index (κ3) is 2.43. The first-order valence-electron chi connectivity index (χ1n) is 5.59. The van der Waals surface area contributed by atoms with E-state index in [0.717, 1.165) is 5.56 Å². The summed E-state index contributed by atoms with van der Waals surface area (Å²) in [7, 11) is 0. The van der Waals surface area contributed by atoms with E-state index in [1.165, 1.54) is 0 Å². The molecule has 0 saturated carbocycles. The number of hydroxylamine groups is 2. The number of carbonyl (C=O) groups excluding carboxylic acids is 2. The fourth-order valence-corrected chi connectivity index (χ4v) is 1.68. The molecule has 1 aromatic rings. The van der Waals surface area contributed by atoms with Gasteiger partial charge >= 0.3 is 6.09 Å². The van der Waals surface area contributed by atoms with E-state index in [0.29, 0.717) is 5.06 Å². The molecule has 6 heteroatoms. The van der Waals surface area contributed by atoms with Crippen LogP contribution in [0.4, 0.5) is 4.79 Å². The van der Waals surface area contributed by atoms with Gasteiger partial charge in [0.05, 0.1) is 6.04 Å². The molecule has 96 valence electrons. The Kier molecular flexibility index (Phi) is 3.47. The summed E-state index contributed by atoms with van der Waals surface area (Å²) >= 11 is 0. The molecule has 0 unspecified atom stereocenters. The summed E-state index contributed by atoms with van der Waals surface area (Å²) in [5.41, 5.74) is 0.865. The Labute approximate surface area is 104 Å². The van der Waals surface area contributed by atoms with Crippen LogP contribution in [0.15, 0.2) is 30.3 Å². The number of hydrogen-bond donors (Lipinski definition) is 2. The number of hydrogen-bond acceptors (Lipinski definition) is 4. The quantitative estimate of drug-likeness (QED) is 0.617. The first kappa shape index (κ1) is 12.4. The van der Waals surface area contributed by atoms with Crippen LogP contribution in [-0.2, 0) is 16.1 Å². The van der Waals surface area contributed by atoms with E-state index in [4.69, 9.17) is 9.94 Å². The lowest BCUT2D eigenvalue weighted by atomic mass is 10.0. The Morgan fingerprint density at radius 2 is 2.11 bits per heavy atom. The van der Waals surface area contributed by atoms with Crippen LogP contribution in [0.25, 0.3) is 0 Å². The van der Waals surface area contributed by atoms with Crippen LogP contribution in [-0.4, -0.2) is 34.4 Å². The molecule has 1 aromatic carbocycles. The molecule has 2 amide bonds. The maximum atomic E-state index is 11.4. The molecule has 1 fully saturated rings. The predicted molar refractivity (Wildman–Crippen MR) is 61.6 cm³/mol. The standard InChI is InChI=1S/C12H14N2O4/c1-8-10(11(15)14(8)17)13-12(16)18-7-9-5-3-2-4-6-9/h2-6,8,10,17H,7H2,1H3,(H,13,16)/t8-,10-/m1/s1. The minimum absolute atomic E-state index is 0.144. The summed E-state index contributed by atoms with van der Waals surface area (Å²) in [5.74, 6) is -0.529. The van der Waals surface area contributed by atoms with Crippen molar-refractivity contribution in [3.05, 3.63) is 35.9 Å². The zero-order valence-electron chi connectivity index (χ0n) is 9.87. The van der Waals surface area contributed by atoms with Crippen LogP contribution in [0.2, 0.25) is 0 Å². The van der Waals surface area contributed by atoms with Gasteiger partial charge in [0.25, 0.3) is 5.91 Å². The van der Waals surface area contributed by atoms with Crippen molar-refractivity contribution >= 4 is 12.0 Å². The van der Waals surface area contributed by atoms with Crippen molar-refractivity contribution in [3.8, 4) is 0 Å². The number of nitrogens with one attached hydrogen (secondary N) is 1. The first-order chi connectivity index (χ1) is 8.59. The molecule has 2 rings (SSSR count). The highest BCUT2D eigenvalue weighted by atomic mass is 16.6. The molecule has 0 aromatic heterocycles. The molecule has 1 saturated heterocycles. The minimum atomic E-state index is -0.710. The van der Waals surface area contributed by atoms with Gasteiger partial charge in [0, 0.05) is 0 Å². The molecule has 18 heavy (non-hydrogen) atoms. The van der Waals surface area contributed by atoms with E-state index in [-0.39, 0.29) is 6.61 Å². The molecule has 1 aliphatic rings. The van der Waals surface area contributed by atoms with E-state index in [1.807, 2.05) is 30.3 Å². The highest BCUT2D eigenvalue weighted by molar-refractivity contribution is 5.91. The number of carbonyl (C=O) groups is 2. The van der Waals surface area contributed by atoms with Crippen molar-refractivity contribution in [2.45, 2.75) is 25.6 Å². The zero-order valence-corrected chi connectivity index (χ0v) is 9.87. The lowest BCUT2D eigenvalue weighted by Gasteiger charge is -2.40. The lowest BCUT2D eigenvalue weighted by Crippen LogP contribution is -2.68. The molecule has 0 aliphatic carbocycles. The SMILES string of the molecule is C[C@@H]1[C@@H](NC(=O)OCc2ccccc2)C(=O)N1O. The molecule has 0 spiro atoms. The largest absolute Gasteiger partial charge is 0.445 e. The molecule has 1 aliphatic heterocycles. The van der Waals surface area contributed by atoms with Crippen LogP contribution in [0.5, 0.6) is 0 Å². The topological polar surface area (TPSA) is 78.9 Å². The van der Waals surface area contributed by atoms with Gasteiger partial charge in [-0.15, -0.1) is 0 Å². The van der Waals surface area contributed by atoms with Crippen LogP contribution >= 0.6 is 0 Å². The van der Waals surface area contributed by atoms with Gasteiger partial charge in [-0.3, -0.25) is 10.0 Å². The van der Waals surface area contributed by atoms with Crippen LogP contribution < -0.4 is 5.32 Å². The third-order valence-electron chi connectivity index (χ3n) is 2.85. The number of β-lactam (4-membered cyclic amide) rings is 1. The van der Waals surface area contributed by atoms with Crippen LogP contribution in [0.3, 0.4) is 0 Å². The van der Waals surface area contributed by atoms with E-state index in [2.05, 4.69) is 5.32 Å². The van der Waals surface area contributed by atoms with Gasteiger partial charge in [-0.05, 0) is 12.5 Å². The van der Waals surface area contributed by atoms with Crippen molar-refractivity contribution in [2.24, 2.45) is 0 Å². The third-order valence-corrected chi connectivity index (χ3v) is 2.85. The molecular weight excluding hydrogens is 236 g/mol. The molecular formula is C12H14N2O4. The average Bonchev–Trinajstić information content (AvgIpc) is 2.42. The predicted octanol–water partition coefficient (Wildman–Crippen LogP) is 0.901. The Hall–Kier alpha value is -2.08. The van der Waals surface area contributed by atoms with Gasteiger partial charge in [0.1, 0.15) is 12.6 Å². The molecule has 1 heterocycles. The maximum absolute atomic E-state index is 11.4. The average molecular weight is 250 g/mol. The van der Waals surface area contributed by atoms with Crippen molar-refractivity contribution < 1.29 is 19.5 Å². The van der Waals surface area contributed by atoms with Crippen LogP contribution in [0, 0.1) is 0 Å². The number of benzene rings is 1. The second-order valence-electron chi connectivity index (χ2n) is 4.11. The highest BCUT2D eigenvalue weighted by Crippen LogP contribution is 2.16. The van der Waals surface area contributed by atoms with Gasteiger partial charge in [0.15, 0.2) is 0 Å². The van der Waals surface area contributed by atoms with Crippen molar-refractivity contribution in [2.75, 3.05) is 0 Å². The zero-order chi connectivity index (χ0) is 13.1. The fraction of sp³-hybridized carbons (Fsp3) is 0.333. The summed E-state index contributed by atoms with van der Waals surface area (Å²) < 4.78 is 4.96. The van der Waals surface area contributed by atoms with Gasteiger partial charge in [0.2, 0.25) is 0 Å². The number of amides is 2. The normalized spacial score (nSPS) is 22.3. The summed E-state index contributed by atoms with van der Waals surface area (Å²) in [6.07, 6.45) is -0.669. The first-order valence-corrected chi connectivity index (χ1v) is 5.59. The van der Waals surface area contributed by atoms with Crippen molar-refractivity contribution in [3.63, 3.8) is 0 Å². The molecule has 0 bridgehead atoms. The summed E-state index contributed by atoms with van der Waals surface area (Å²) in [5, 5.41) is 12.1. The van der Waals surface area contributed by atoms with Gasteiger partial charge in [-0.25, -0.2) is 9.86 Å². The number of rotatable bonds is 3. The van der Waals surface area contributed by atoms with Crippen molar-refractivity contribution in [1.29, 1.82) is 0 Å². The Morgan fingerprint density at radius 1 is 1.44 bits per heavy atom. The number of alkyl carbamates (subject to hydrolysis) is 1. The second kappa shape index (κ2) is 5.05. The van der Waals surface area contributed by atoms with E-state index >= 15 is 0 Å². The molecule has 0 radical (unpaired) electrons. The number of nitrogens with zero attached hydrogens (tertiary/aromatic N) is 1. The maximum Gasteiger partial charge on any atom is 0.408 e. The van der Waals surface area contributed by atoms with Gasteiger partial charge < -0.3 is 10.1 Å². The smallest absolute Gasteiger partial charge is 0.408 e. The van der Waals surface area contributed by atoms with Gasteiger partial charge in [-0.1, -0.05) is 30.3 Å².